The van der Waals surface area contributed by atoms with Gasteiger partial charge in [0.05, 0.1) is 29.4 Å². The number of hydrogen-bond donors (Lipinski definition) is 1. The minimum atomic E-state index is -0.711. The Morgan fingerprint density at radius 2 is 1.97 bits per heavy atom. The van der Waals surface area contributed by atoms with Crippen molar-refractivity contribution < 1.29 is 28.5 Å². The van der Waals surface area contributed by atoms with E-state index in [-0.39, 0.29) is 17.1 Å². The molecule has 11 heteroatoms. The molecule has 1 amide bonds. The van der Waals surface area contributed by atoms with Crippen LogP contribution in [0, 0.1) is 24.0 Å². The number of esters is 1. The van der Waals surface area contributed by atoms with Crippen LogP contribution in [0.25, 0.3) is 0 Å². The van der Waals surface area contributed by atoms with Crippen molar-refractivity contribution in [1.29, 1.82) is 0 Å². The van der Waals surface area contributed by atoms with Crippen LogP contribution in [-0.4, -0.2) is 35.7 Å². The lowest BCUT2D eigenvalue weighted by Crippen LogP contribution is -2.21. The first-order valence-corrected chi connectivity index (χ1v) is 10.7. The molecule has 0 radical (unpaired) electrons. The number of aryl methyl sites for hydroxylation is 2. The van der Waals surface area contributed by atoms with Crippen molar-refractivity contribution >= 4 is 35.0 Å². The van der Waals surface area contributed by atoms with Crippen LogP contribution in [0.15, 0.2) is 51.9 Å². The predicted molar refractivity (Wildman–Crippen MR) is 121 cm³/mol. The summed E-state index contributed by atoms with van der Waals surface area (Å²) in [6.45, 7) is 3.06. The van der Waals surface area contributed by atoms with Crippen molar-refractivity contribution in [2.45, 2.75) is 24.5 Å². The number of nitro benzene ring substituents is 1. The number of aromatic nitrogens is 1. The number of ether oxygens (including phenoxy) is 2. The molecule has 1 aromatic heterocycles. The Kier molecular flexibility index (Phi) is 7.67. The fourth-order valence-electron chi connectivity index (χ4n) is 2.91. The highest BCUT2D eigenvalue weighted by molar-refractivity contribution is 7.98. The number of nitro groups is 1. The number of methoxy groups -OCH3 is 1. The summed E-state index contributed by atoms with van der Waals surface area (Å²) in [5.41, 5.74) is 1.66. The maximum absolute atomic E-state index is 12.6. The van der Waals surface area contributed by atoms with Gasteiger partial charge >= 0.3 is 5.97 Å². The summed E-state index contributed by atoms with van der Waals surface area (Å²) in [5, 5.41) is 17.6. The molecule has 2 aromatic carbocycles. The van der Waals surface area contributed by atoms with Gasteiger partial charge in [0, 0.05) is 16.2 Å². The molecule has 0 saturated carbocycles. The van der Waals surface area contributed by atoms with Crippen LogP contribution in [0.5, 0.6) is 5.75 Å². The lowest BCUT2D eigenvalue weighted by molar-refractivity contribution is -0.384. The third kappa shape index (κ3) is 5.89. The van der Waals surface area contributed by atoms with Gasteiger partial charge < -0.3 is 19.3 Å². The summed E-state index contributed by atoms with van der Waals surface area (Å²) in [6, 6.07) is 10.9. The first-order chi connectivity index (χ1) is 15.8. The Labute approximate surface area is 193 Å². The van der Waals surface area contributed by atoms with Gasteiger partial charge in [-0.3, -0.25) is 14.9 Å². The number of rotatable bonds is 9. The molecule has 10 nitrogen and oxygen atoms in total. The van der Waals surface area contributed by atoms with Crippen LogP contribution in [0.1, 0.15) is 27.4 Å². The Morgan fingerprint density at radius 3 is 2.64 bits per heavy atom. The largest absolute Gasteiger partial charge is 0.496 e. The summed E-state index contributed by atoms with van der Waals surface area (Å²) >= 11 is 1.42. The second kappa shape index (κ2) is 10.6. The average molecular weight is 471 g/mol. The maximum atomic E-state index is 12.6. The normalized spacial score (nSPS) is 10.5. The van der Waals surface area contributed by atoms with Gasteiger partial charge in [-0.05, 0) is 38.1 Å². The molecule has 0 spiro atoms. The standard InChI is InChI=1S/C22H21N3O7S/c1-13-17(14(2)32-24-13)12-33-20-7-5-4-6-16(20)22(27)31-11-21(26)23-18-9-8-15(30-3)10-19(18)25(28)29/h4-10H,11-12H2,1-3H3,(H,23,26). The molecular formula is C22H21N3O7S. The molecule has 0 saturated heterocycles. The van der Waals surface area contributed by atoms with E-state index in [2.05, 4.69) is 10.5 Å². The molecule has 0 unspecified atom stereocenters. The number of carbonyl (C=O) groups excluding carboxylic acids is 2. The monoisotopic (exact) mass is 471 g/mol. The number of benzene rings is 2. The quantitative estimate of drug-likeness (QED) is 0.210. The average Bonchev–Trinajstić information content (AvgIpc) is 3.13. The van der Waals surface area contributed by atoms with Gasteiger partial charge in [0.15, 0.2) is 6.61 Å². The number of nitrogens with zero attached hydrogens (tertiary/aromatic N) is 2. The van der Waals surface area contributed by atoms with Gasteiger partial charge in [0.2, 0.25) is 0 Å². The van der Waals surface area contributed by atoms with E-state index in [1.54, 1.807) is 24.3 Å². The van der Waals surface area contributed by atoms with Crippen molar-refractivity contribution in [3.05, 3.63) is 75.2 Å². The van der Waals surface area contributed by atoms with Gasteiger partial charge in [-0.1, -0.05) is 17.3 Å². The van der Waals surface area contributed by atoms with Crippen LogP contribution in [0.3, 0.4) is 0 Å². The second-order valence-electron chi connectivity index (χ2n) is 6.85. The molecule has 1 N–H and O–H groups in total. The van der Waals surface area contributed by atoms with E-state index in [1.165, 1.54) is 37.1 Å². The third-order valence-electron chi connectivity index (χ3n) is 4.67. The van der Waals surface area contributed by atoms with Crippen molar-refractivity contribution in [1.82, 2.24) is 5.16 Å². The zero-order valence-corrected chi connectivity index (χ0v) is 18.9. The van der Waals surface area contributed by atoms with Crippen molar-refractivity contribution in [3.8, 4) is 5.75 Å². The molecule has 0 aliphatic carbocycles. The molecular weight excluding hydrogens is 450 g/mol. The number of carbonyl (C=O) groups is 2. The number of nitrogens with one attached hydrogen (secondary N) is 1. The minimum Gasteiger partial charge on any atom is -0.496 e. The SMILES string of the molecule is COc1ccc(NC(=O)COC(=O)c2ccccc2SCc2c(C)noc2C)c([N+](=O)[O-])c1. The van der Waals surface area contributed by atoms with Crippen LogP contribution >= 0.6 is 11.8 Å². The van der Waals surface area contributed by atoms with Crippen LogP contribution in [0.2, 0.25) is 0 Å². The lowest BCUT2D eigenvalue weighted by Gasteiger charge is -2.10. The zero-order valence-electron chi connectivity index (χ0n) is 18.1. The highest BCUT2D eigenvalue weighted by Crippen LogP contribution is 2.30. The Morgan fingerprint density at radius 1 is 1.21 bits per heavy atom. The Balaban J connectivity index is 1.63. The summed E-state index contributed by atoms with van der Waals surface area (Å²) in [7, 11) is 1.38. The van der Waals surface area contributed by atoms with Crippen molar-refractivity contribution in [3.63, 3.8) is 0 Å². The summed E-state index contributed by atoms with van der Waals surface area (Å²) in [4.78, 5) is 36.1. The van der Waals surface area contributed by atoms with E-state index in [0.717, 1.165) is 11.3 Å². The third-order valence-corrected chi connectivity index (χ3v) is 5.77. The van der Waals surface area contributed by atoms with E-state index in [0.29, 0.717) is 22.0 Å². The minimum absolute atomic E-state index is 0.0303. The molecule has 0 bridgehead atoms. The number of anilines is 1. The topological polar surface area (TPSA) is 134 Å². The van der Waals surface area contributed by atoms with E-state index in [9.17, 15) is 19.7 Å². The second-order valence-corrected chi connectivity index (χ2v) is 7.87. The summed E-state index contributed by atoms with van der Waals surface area (Å²) in [5.74, 6) is 0.141. The molecule has 0 atom stereocenters. The summed E-state index contributed by atoms with van der Waals surface area (Å²) < 4.78 is 15.3. The molecule has 172 valence electrons. The van der Waals surface area contributed by atoms with E-state index in [1.807, 2.05) is 13.8 Å². The molecule has 33 heavy (non-hydrogen) atoms. The molecule has 0 fully saturated rings. The lowest BCUT2D eigenvalue weighted by atomic mass is 10.2. The Hall–Kier alpha value is -3.86. The van der Waals surface area contributed by atoms with Gasteiger partial charge in [-0.25, -0.2) is 4.79 Å². The van der Waals surface area contributed by atoms with E-state index < -0.39 is 23.4 Å². The smallest absolute Gasteiger partial charge is 0.339 e. The van der Waals surface area contributed by atoms with Crippen LogP contribution in [0.4, 0.5) is 11.4 Å². The number of hydrogen-bond acceptors (Lipinski definition) is 9. The number of thioether (sulfide) groups is 1. The van der Waals surface area contributed by atoms with Gasteiger partial charge in [0.25, 0.3) is 11.6 Å². The predicted octanol–water partition coefficient (Wildman–Crippen LogP) is 4.30. The zero-order chi connectivity index (χ0) is 24.0. The molecule has 0 aliphatic heterocycles. The highest BCUT2D eigenvalue weighted by atomic mass is 32.2. The number of amides is 1. The van der Waals surface area contributed by atoms with Crippen LogP contribution in [-0.2, 0) is 15.3 Å². The fourth-order valence-corrected chi connectivity index (χ4v) is 4.10. The van der Waals surface area contributed by atoms with Crippen LogP contribution < -0.4 is 10.1 Å². The summed E-state index contributed by atoms with van der Waals surface area (Å²) in [6.07, 6.45) is 0. The van der Waals surface area contributed by atoms with Gasteiger partial charge in [-0.15, -0.1) is 11.8 Å². The van der Waals surface area contributed by atoms with Crippen molar-refractivity contribution in [2.75, 3.05) is 19.0 Å². The fraction of sp³-hybridized carbons (Fsp3) is 0.227. The van der Waals surface area contributed by atoms with E-state index in [4.69, 9.17) is 14.0 Å². The van der Waals surface area contributed by atoms with Crippen molar-refractivity contribution in [2.24, 2.45) is 0 Å². The molecule has 3 rings (SSSR count). The highest BCUT2D eigenvalue weighted by Gasteiger charge is 2.20. The first-order valence-electron chi connectivity index (χ1n) is 9.73. The molecule has 1 heterocycles. The van der Waals surface area contributed by atoms with E-state index >= 15 is 0 Å². The molecule has 3 aromatic rings. The first kappa shape index (κ1) is 23.8. The maximum Gasteiger partial charge on any atom is 0.339 e. The molecule has 0 aliphatic rings. The van der Waals surface area contributed by atoms with Gasteiger partial charge in [-0.2, -0.15) is 0 Å². The Bertz CT molecular complexity index is 1170. The van der Waals surface area contributed by atoms with Gasteiger partial charge in [0.1, 0.15) is 17.2 Å².